The maximum atomic E-state index is 5.82. The molecule has 3 aromatic rings. The third kappa shape index (κ3) is 1.81. The predicted molar refractivity (Wildman–Crippen MR) is 75.7 cm³/mol. The first kappa shape index (κ1) is 11.1. The van der Waals surface area contributed by atoms with Gasteiger partial charge in [0.15, 0.2) is 0 Å². The van der Waals surface area contributed by atoms with Crippen LogP contribution in [0.3, 0.4) is 0 Å². The quantitative estimate of drug-likeness (QED) is 0.545. The molecule has 0 aliphatic rings. The second-order valence-corrected chi connectivity index (χ2v) is 4.47. The Bertz CT molecular complexity index is 650. The van der Waals surface area contributed by atoms with Gasteiger partial charge in [0.05, 0.1) is 0 Å². The zero-order chi connectivity index (χ0) is 12.5. The zero-order valence-corrected chi connectivity index (χ0v) is 10.3. The zero-order valence-electron chi connectivity index (χ0n) is 10.3. The molecule has 0 saturated heterocycles. The highest BCUT2D eigenvalue weighted by Gasteiger charge is 2.09. The summed E-state index contributed by atoms with van der Waals surface area (Å²) >= 11 is 0. The van der Waals surface area contributed by atoms with Crippen LogP contribution in [0.4, 0.5) is 0 Å². The molecule has 2 heteroatoms. The molecule has 0 amide bonds. The number of benzene rings is 3. The van der Waals surface area contributed by atoms with Crippen molar-refractivity contribution in [2.24, 2.45) is 5.73 Å². The van der Waals surface area contributed by atoms with Crippen LogP contribution in [0.2, 0.25) is 0 Å². The van der Waals surface area contributed by atoms with Gasteiger partial charge in [-0.3, -0.25) is 5.73 Å². The Labute approximate surface area is 106 Å². The summed E-state index contributed by atoms with van der Waals surface area (Å²) in [4.78, 5) is 0. The van der Waals surface area contributed by atoms with Crippen LogP contribution in [-0.2, 0) is 0 Å². The van der Waals surface area contributed by atoms with Gasteiger partial charge in [-0.05, 0) is 23.8 Å². The van der Waals surface area contributed by atoms with Crippen molar-refractivity contribution in [1.29, 1.82) is 0 Å². The van der Waals surface area contributed by atoms with Gasteiger partial charge in [0.1, 0.15) is 12.0 Å². The molecule has 0 aliphatic carbocycles. The van der Waals surface area contributed by atoms with Crippen molar-refractivity contribution in [3.8, 4) is 5.75 Å². The average molecular weight is 237 g/mol. The van der Waals surface area contributed by atoms with E-state index in [0.717, 1.165) is 16.5 Å². The SMILES string of the molecule is CC(N)Oc1c2ccccc2cc2ccccc12. The first-order valence-corrected chi connectivity index (χ1v) is 6.08. The number of nitrogens with two attached hydrogens (primary N) is 1. The summed E-state index contributed by atoms with van der Waals surface area (Å²) in [6.07, 6.45) is -0.320. The van der Waals surface area contributed by atoms with Crippen molar-refractivity contribution in [3.05, 3.63) is 54.6 Å². The summed E-state index contributed by atoms with van der Waals surface area (Å²) in [6, 6.07) is 18.6. The van der Waals surface area contributed by atoms with Crippen LogP contribution < -0.4 is 10.5 Å². The lowest BCUT2D eigenvalue weighted by molar-refractivity contribution is 0.236. The van der Waals surface area contributed by atoms with Gasteiger partial charge in [0, 0.05) is 10.8 Å². The summed E-state index contributed by atoms with van der Waals surface area (Å²) in [5.41, 5.74) is 5.78. The van der Waals surface area contributed by atoms with Gasteiger partial charge in [-0.15, -0.1) is 0 Å². The second-order valence-electron chi connectivity index (χ2n) is 4.47. The third-order valence-electron chi connectivity index (χ3n) is 3.03. The number of hydrogen-bond acceptors (Lipinski definition) is 2. The molecule has 90 valence electrons. The molecule has 0 aromatic heterocycles. The van der Waals surface area contributed by atoms with Crippen molar-refractivity contribution in [2.75, 3.05) is 0 Å². The van der Waals surface area contributed by atoms with Crippen LogP contribution in [0, 0.1) is 0 Å². The normalized spacial score (nSPS) is 12.8. The van der Waals surface area contributed by atoms with Gasteiger partial charge in [-0.2, -0.15) is 0 Å². The van der Waals surface area contributed by atoms with Crippen LogP contribution in [0.15, 0.2) is 54.6 Å². The lowest BCUT2D eigenvalue weighted by atomic mass is 10.0. The third-order valence-corrected chi connectivity index (χ3v) is 3.03. The van der Waals surface area contributed by atoms with E-state index in [-0.39, 0.29) is 6.23 Å². The van der Waals surface area contributed by atoms with Gasteiger partial charge in [0.25, 0.3) is 0 Å². The molecule has 0 spiro atoms. The van der Waals surface area contributed by atoms with E-state index in [4.69, 9.17) is 10.5 Å². The maximum Gasteiger partial charge on any atom is 0.144 e. The van der Waals surface area contributed by atoms with Crippen molar-refractivity contribution in [2.45, 2.75) is 13.2 Å². The van der Waals surface area contributed by atoms with Crippen LogP contribution in [0.1, 0.15) is 6.92 Å². The molecular weight excluding hydrogens is 222 g/mol. The van der Waals surface area contributed by atoms with Gasteiger partial charge in [0.2, 0.25) is 0 Å². The van der Waals surface area contributed by atoms with Crippen molar-refractivity contribution >= 4 is 21.5 Å². The van der Waals surface area contributed by atoms with Crippen LogP contribution in [0.5, 0.6) is 5.75 Å². The Balaban J connectivity index is 2.41. The molecule has 1 unspecified atom stereocenters. The number of ether oxygens (including phenoxy) is 1. The van der Waals surface area contributed by atoms with E-state index in [0.29, 0.717) is 0 Å². The molecule has 0 saturated carbocycles. The van der Waals surface area contributed by atoms with E-state index >= 15 is 0 Å². The van der Waals surface area contributed by atoms with E-state index < -0.39 is 0 Å². The van der Waals surface area contributed by atoms with Crippen molar-refractivity contribution in [1.82, 2.24) is 0 Å². The lowest BCUT2D eigenvalue weighted by Gasteiger charge is -2.15. The standard InChI is InChI=1S/C16H15NO/c1-11(17)18-16-14-8-4-2-6-12(14)10-13-7-3-5-9-15(13)16/h2-11H,17H2,1H3. The summed E-state index contributed by atoms with van der Waals surface area (Å²) in [5, 5.41) is 4.56. The van der Waals surface area contributed by atoms with Gasteiger partial charge in [-0.1, -0.05) is 48.5 Å². The van der Waals surface area contributed by atoms with Crippen LogP contribution in [0.25, 0.3) is 21.5 Å². The summed E-state index contributed by atoms with van der Waals surface area (Å²) in [6.45, 7) is 1.84. The maximum absolute atomic E-state index is 5.82. The Morgan fingerprint density at radius 3 is 1.89 bits per heavy atom. The highest BCUT2D eigenvalue weighted by atomic mass is 16.5. The Hall–Kier alpha value is -2.06. The highest BCUT2D eigenvalue weighted by molar-refractivity contribution is 6.05. The van der Waals surface area contributed by atoms with E-state index in [9.17, 15) is 0 Å². The van der Waals surface area contributed by atoms with E-state index in [1.165, 1.54) is 10.8 Å². The molecule has 0 fully saturated rings. The van der Waals surface area contributed by atoms with Gasteiger partial charge < -0.3 is 4.74 Å². The molecular formula is C16H15NO. The first-order chi connectivity index (χ1) is 8.75. The minimum absolute atomic E-state index is 0.320. The van der Waals surface area contributed by atoms with Gasteiger partial charge in [-0.25, -0.2) is 0 Å². The molecule has 18 heavy (non-hydrogen) atoms. The van der Waals surface area contributed by atoms with Crippen molar-refractivity contribution in [3.63, 3.8) is 0 Å². The molecule has 3 aromatic carbocycles. The molecule has 0 heterocycles. The Kier molecular flexibility index (Phi) is 2.65. The highest BCUT2D eigenvalue weighted by Crippen LogP contribution is 2.34. The average Bonchev–Trinajstić information content (AvgIpc) is 2.38. The van der Waals surface area contributed by atoms with Crippen LogP contribution in [-0.4, -0.2) is 6.23 Å². The fourth-order valence-corrected chi connectivity index (χ4v) is 2.28. The molecule has 2 N–H and O–H groups in total. The minimum atomic E-state index is -0.320. The lowest BCUT2D eigenvalue weighted by Crippen LogP contribution is -2.22. The summed E-state index contributed by atoms with van der Waals surface area (Å²) < 4.78 is 5.82. The number of fused-ring (bicyclic) bond motifs is 2. The topological polar surface area (TPSA) is 35.2 Å². The Morgan fingerprint density at radius 1 is 0.889 bits per heavy atom. The second kappa shape index (κ2) is 4.31. The van der Waals surface area contributed by atoms with E-state index in [1.807, 2.05) is 31.2 Å². The molecule has 2 nitrogen and oxygen atoms in total. The molecule has 0 bridgehead atoms. The van der Waals surface area contributed by atoms with E-state index in [1.54, 1.807) is 0 Å². The minimum Gasteiger partial charge on any atom is -0.475 e. The monoisotopic (exact) mass is 237 g/mol. The first-order valence-electron chi connectivity index (χ1n) is 6.08. The fraction of sp³-hybridized carbons (Fsp3) is 0.125. The van der Waals surface area contributed by atoms with Crippen LogP contribution >= 0.6 is 0 Å². The molecule has 0 aliphatic heterocycles. The Morgan fingerprint density at radius 2 is 1.39 bits per heavy atom. The van der Waals surface area contributed by atoms with Gasteiger partial charge >= 0.3 is 0 Å². The number of hydrogen-bond donors (Lipinski definition) is 1. The summed E-state index contributed by atoms with van der Waals surface area (Å²) in [7, 11) is 0. The van der Waals surface area contributed by atoms with E-state index in [2.05, 4.69) is 30.3 Å². The predicted octanol–water partition coefficient (Wildman–Crippen LogP) is 3.68. The molecule has 0 radical (unpaired) electrons. The molecule has 1 atom stereocenters. The summed E-state index contributed by atoms with van der Waals surface area (Å²) in [5.74, 6) is 0.874. The molecule has 3 rings (SSSR count). The van der Waals surface area contributed by atoms with Crippen molar-refractivity contribution < 1.29 is 4.74 Å². The number of rotatable bonds is 2. The smallest absolute Gasteiger partial charge is 0.144 e. The fourth-order valence-electron chi connectivity index (χ4n) is 2.28. The largest absolute Gasteiger partial charge is 0.475 e.